The Bertz CT molecular complexity index is 658. The monoisotopic (exact) mass is 300 g/mol. The van der Waals surface area contributed by atoms with Crippen LogP contribution in [0.1, 0.15) is 15.9 Å². The highest BCUT2D eigenvalue weighted by Crippen LogP contribution is 2.19. The van der Waals surface area contributed by atoms with Crippen molar-refractivity contribution in [2.24, 2.45) is 0 Å². The summed E-state index contributed by atoms with van der Waals surface area (Å²) in [5, 5.41) is 18.3. The Morgan fingerprint density at radius 2 is 2.09 bits per heavy atom. The van der Waals surface area contributed by atoms with Crippen LogP contribution in [-0.4, -0.2) is 52.3 Å². The number of aliphatic hydroxyl groups is 2. The molecule has 0 saturated carbocycles. The predicted molar refractivity (Wildman–Crippen MR) is 84.5 cm³/mol. The molecule has 0 fully saturated rings. The Morgan fingerprint density at radius 1 is 1.32 bits per heavy atom. The van der Waals surface area contributed by atoms with Crippen LogP contribution in [0.4, 0.5) is 0 Å². The van der Waals surface area contributed by atoms with Gasteiger partial charge in [0.2, 0.25) is 0 Å². The number of carbonyl (C=O) groups is 1. The lowest BCUT2D eigenvalue weighted by Crippen LogP contribution is -2.35. The van der Waals surface area contributed by atoms with Gasteiger partial charge < -0.3 is 15.1 Å². The zero-order valence-electron chi connectivity index (χ0n) is 12.7. The number of hydrogen-bond donors (Lipinski definition) is 2. The second-order valence-corrected chi connectivity index (χ2v) is 5.32. The second kappa shape index (κ2) is 7.15. The molecule has 1 atom stereocenters. The van der Waals surface area contributed by atoms with Crippen molar-refractivity contribution in [2.45, 2.75) is 13.0 Å². The van der Waals surface area contributed by atoms with Crippen LogP contribution in [0.25, 0.3) is 11.3 Å². The minimum absolute atomic E-state index is 0.0856. The van der Waals surface area contributed by atoms with E-state index in [1.807, 2.05) is 31.2 Å². The Morgan fingerprint density at radius 3 is 2.77 bits per heavy atom. The summed E-state index contributed by atoms with van der Waals surface area (Å²) in [6.45, 7) is 1.71. The maximum absolute atomic E-state index is 12.4. The van der Waals surface area contributed by atoms with Crippen molar-refractivity contribution in [3.05, 3.63) is 53.7 Å². The molecule has 0 aliphatic carbocycles. The van der Waals surface area contributed by atoms with E-state index in [4.69, 9.17) is 5.11 Å². The Balaban J connectivity index is 2.23. The summed E-state index contributed by atoms with van der Waals surface area (Å²) in [6, 6.07) is 11.1. The van der Waals surface area contributed by atoms with Gasteiger partial charge in [0.25, 0.3) is 5.91 Å². The van der Waals surface area contributed by atoms with E-state index in [-0.39, 0.29) is 19.1 Å². The van der Waals surface area contributed by atoms with E-state index < -0.39 is 6.10 Å². The Labute approximate surface area is 129 Å². The number of hydrogen-bond acceptors (Lipinski definition) is 4. The van der Waals surface area contributed by atoms with Crippen molar-refractivity contribution >= 4 is 5.91 Å². The van der Waals surface area contributed by atoms with Crippen LogP contribution < -0.4 is 0 Å². The molecule has 5 heteroatoms. The highest BCUT2D eigenvalue weighted by atomic mass is 16.3. The van der Waals surface area contributed by atoms with Gasteiger partial charge >= 0.3 is 0 Å². The summed E-state index contributed by atoms with van der Waals surface area (Å²) in [6.07, 6.45) is 0.804. The smallest absolute Gasteiger partial charge is 0.253 e. The molecule has 2 N–H and O–H groups in total. The molecule has 5 nitrogen and oxygen atoms in total. The first-order valence-corrected chi connectivity index (χ1v) is 7.08. The molecule has 1 heterocycles. The summed E-state index contributed by atoms with van der Waals surface area (Å²) in [7, 11) is 1.60. The van der Waals surface area contributed by atoms with Gasteiger partial charge in [-0.25, -0.2) is 0 Å². The van der Waals surface area contributed by atoms with Crippen molar-refractivity contribution < 1.29 is 15.0 Å². The van der Waals surface area contributed by atoms with E-state index in [0.717, 1.165) is 16.8 Å². The van der Waals surface area contributed by atoms with Gasteiger partial charge in [-0.3, -0.25) is 9.78 Å². The normalized spacial score (nSPS) is 12.0. The van der Waals surface area contributed by atoms with Gasteiger partial charge in [-0.15, -0.1) is 0 Å². The average molecular weight is 300 g/mol. The maximum Gasteiger partial charge on any atom is 0.253 e. The van der Waals surface area contributed by atoms with Gasteiger partial charge in [-0.1, -0.05) is 12.1 Å². The number of pyridine rings is 1. The SMILES string of the molecule is Cc1ccnc(-c2cccc(C(=O)N(C)C[C@@H](O)CO)c2)c1. The third-order valence-electron chi connectivity index (χ3n) is 3.36. The Kier molecular flexibility index (Phi) is 5.25. The van der Waals surface area contributed by atoms with E-state index in [1.54, 1.807) is 25.4 Å². The fourth-order valence-electron chi connectivity index (χ4n) is 2.18. The predicted octanol–water partition coefficient (Wildman–Crippen LogP) is 1.48. The molecule has 2 aromatic rings. The summed E-state index contributed by atoms with van der Waals surface area (Å²) < 4.78 is 0. The summed E-state index contributed by atoms with van der Waals surface area (Å²) >= 11 is 0. The third kappa shape index (κ3) is 3.90. The molecule has 0 aliphatic rings. The lowest BCUT2D eigenvalue weighted by molar-refractivity contribution is 0.0520. The van der Waals surface area contributed by atoms with Crippen LogP contribution in [0, 0.1) is 6.92 Å². The number of amides is 1. The molecular formula is C17H20N2O3. The van der Waals surface area contributed by atoms with E-state index in [9.17, 15) is 9.90 Å². The number of aromatic nitrogens is 1. The van der Waals surface area contributed by atoms with E-state index in [0.29, 0.717) is 5.56 Å². The van der Waals surface area contributed by atoms with Gasteiger partial charge in [0, 0.05) is 30.9 Å². The number of aryl methyl sites for hydroxylation is 1. The number of rotatable bonds is 5. The molecule has 0 radical (unpaired) electrons. The number of aliphatic hydroxyl groups excluding tert-OH is 2. The lowest BCUT2D eigenvalue weighted by atomic mass is 10.1. The summed E-state index contributed by atoms with van der Waals surface area (Å²) in [5.41, 5.74) is 3.30. The van der Waals surface area contributed by atoms with Crippen molar-refractivity contribution in [3.8, 4) is 11.3 Å². The molecule has 1 amide bonds. The topological polar surface area (TPSA) is 73.7 Å². The number of benzene rings is 1. The van der Waals surface area contributed by atoms with Gasteiger partial charge in [0.15, 0.2) is 0 Å². The molecule has 0 aliphatic heterocycles. The van der Waals surface area contributed by atoms with Gasteiger partial charge in [0.05, 0.1) is 18.4 Å². The highest BCUT2D eigenvalue weighted by molar-refractivity contribution is 5.95. The van der Waals surface area contributed by atoms with Crippen LogP contribution in [-0.2, 0) is 0 Å². The fourth-order valence-corrected chi connectivity index (χ4v) is 2.18. The Hall–Kier alpha value is -2.24. The average Bonchev–Trinajstić information content (AvgIpc) is 2.54. The van der Waals surface area contributed by atoms with Crippen LogP contribution in [0.2, 0.25) is 0 Å². The van der Waals surface area contributed by atoms with Crippen LogP contribution in [0.15, 0.2) is 42.6 Å². The van der Waals surface area contributed by atoms with Crippen molar-refractivity contribution in [1.29, 1.82) is 0 Å². The number of carbonyl (C=O) groups excluding carboxylic acids is 1. The molecule has 0 bridgehead atoms. The summed E-state index contributed by atoms with van der Waals surface area (Å²) in [4.78, 5) is 18.1. The van der Waals surface area contributed by atoms with Crippen molar-refractivity contribution in [3.63, 3.8) is 0 Å². The first-order valence-electron chi connectivity index (χ1n) is 7.08. The molecule has 0 saturated heterocycles. The third-order valence-corrected chi connectivity index (χ3v) is 3.36. The number of nitrogens with zero attached hydrogens (tertiary/aromatic N) is 2. The molecule has 2 rings (SSSR count). The van der Waals surface area contributed by atoms with E-state index in [1.165, 1.54) is 4.90 Å². The van der Waals surface area contributed by atoms with Crippen molar-refractivity contribution in [2.75, 3.05) is 20.2 Å². The van der Waals surface area contributed by atoms with E-state index >= 15 is 0 Å². The molecule has 1 aromatic heterocycles. The molecule has 22 heavy (non-hydrogen) atoms. The van der Waals surface area contributed by atoms with Gasteiger partial charge in [-0.05, 0) is 36.8 Å². The first kappa shape index (κ1) is 16.1. The minimum Gasteiger partial charge on any atom is -0.394 e. The van der Waals surface area contributed by atoms with Gasteiger partial charge in [-0.2, -0.15) is 0 Å². The van der Waals surface area contributed by atoms with Gasteiger partial charge in [0.1, 0.15) is 0 Å². The molecule has 0 unspecified atom stereocenters. The van der Waals surface area contributed by atoms with Crippen LogP contribution in [0.5, 0.6) is 0 Å². The molecule has 1 aromatic carbocycles. The first-order chi connectivity index (χ1) is 10.5. The zero-order chi connectivity index (χ0) is 16.1. The minimum atomic E-state index is -0.935. The standard InChI is InChI=1S/C17H20N2O3/c1-12-6-7-18-16(8-12)13-4-3-5-14(9-13)17(22)19(2)10-15(21)11-20/h3-9,15,20-21H,10-11H2,1-2H3/t15-/m1/s1. The summed E-state index contributed by atoms with van der Waals surface area (Å²) in [5.74, 6) is -0.206. The van der Waals surface area contributed by atoms with E-state index in [2.05, 4.69) is 4.98 Å². The zero-order valence-corrected chi connectivity index (χ0v) is 12.7. The van der Waals surface area contributed by atoms with Crippen molar-refractivity contribution in [1.82, 2.24) is 9.88 Å². The quantitative estimate of drug-likeness (QED) is 0.877. The highest BCUT2D eigenvalue weighted by Gasteiger charge is 2.15. The molecule has 0 spiro atoms. The second-order valence-electron chi connectivity index (χ2n) is 5.32. The maximum atomic E-state index is 12.4. The van der Waals surface area contributed by atoms with Crippen LogP contribution in [0.3, 0.4) is 0 Å². The lowest BCUT2D eigenvalue weighted by Gasteiger charge is -2.20. The number of likely N-dealkylation sites (N-methyl/N-ethyl adjacent to an activating group) is 1. The van der Waals surface area contributed by atoms with Crippen LogP contribution >= 0.6 is 0 Å². The fraction of sp³-hybridized carbons (Fsp3) is 0.294. The molecular weight excluding hydrogens is 280 g/mol. The largest absolute Gasteiger partial charge is 0.394 e. The molecule has 116 valence electrons.